The molecule has 0 spiro atoms. The van der Waals surface area contributed by atoms with Crippen molar-refractivity contribution in [2.75, 3.05) is 27.2 Å². The van der Waals surface area contributed by atoms with Gasteiger partial charge in [0.05, 0.1) is 12.5 Å². The van der Waals surface area contributed by atoms with Crippen LogP contribution in [0.5, 0.6) is 0 Å². The Morgan fingerprint density at radius 3 is 2.26 bits per heavy atom. The van der Waals surface area contributed by atoms with Gasteiger partial charge in [0.1, 0.15) is 0 Å². The molecule has 152 valence electrons. The average molecular weight is 388 g/mol. The first-order valence-corrected chi connectivity index (χ1v) is 8.97. The Balaban J connectivity index is 2.30. The number of rotatable bonds is 11. The van der Waals surface area contributed by atoms with Crippen molar-refractivity contribution in [3.05, 3.63) is 0 Å². The second kappa shape index (κ2) is 11.3. The van der Waals surface area contributed by atoms with E-state index in [0.29, 0.717) is 18.0 Å². The Kier molecular flexibility index (Phi) is 9.41. The molecule has 27 heavy (non-hydrogen) atoms. The number of nitrogens with one attached hydrogen (secondary N) is 2. The summed E-state index contributed by atoms with van der Waals surface area (Å²) in [6.45, 7) is 2.07. The van der Waals surface area contributed by atoms with E-state index >= 15 is 0 Å². The van der Waals surface area contributed by atoms with Crippen LogP contribution < -0.4 is 10.6 Å². The predicted molar refractivity (Wildman–Crippen MR) is 94.8 cm³/mol. The Labute approximate surface area is 158 Å². The number of hydrogen-bond donors (Lipinski definition) is 2. The molecule has 0 aromatic heterocycles. The summed E-state index contributed by atoms with van der Waals surface area (Å²) in [4.78, 5) is 64.1. The summed E-state index contributed by atoms with van der Waals surface area (Å²) in [5.41, 5.74) is 0. The molecule has 0 aromatic rings. The highest BCUT2D eigenvalue weighted by molar-refractivity contribution is 6.01. The topological polar surface area (TPSA) is 125 Å². The Hall–Kier alpha value is -2.49. The predicted octanol–water partition coefficient (Wildman–Crippen LogP) is -0.663. The minimum absolute atomic E-state index is 0.0370. The maximum atomic E-state index is 12.3. The molecule has 0 radical (unpaired) electrons. The molecule has 1 aliphatic heterocycles. The van der Waals surface area contributed by atoms with Crippen LogP contribution in [-0.4, -0.2) is 72.8 Å². The standard InChI is InChI=1S/C17H28N4O6/c1-12(22)18-10-5-4-6-13(20(2)3)17(26)19-11-9-16(25)27-21-14(23)7-8-15(21)24/h13H,4-11H2,1-3H3,(H,18,22)(H,19,26)/i1+1,2+1,12+1,19+1. The van der Waals surface area contributed by atoms with Gasteiger partial charge in [-0.15, -0.1) is 5.06 Å². The maximum Gasteiger partial charge on any atom is 0.334 e. The van der Waals surface area contributed by atoms with E-state index in [0.717, 1.165) is 12.8 Å². The number of carbonyl (C=O) groups excluding carboxylic acids is 5. The van der Waals surface area contributed by atoms with Crippen LogP contribution in [0.3, 0.4) is 0 Å². The van der Waals surface area contributed by atoms with Crippen molar-refractivity contribution in [1.29, 1.82) is 0 Å². The molecule has 1 saturated heterocycles. The SMILES string of the molecule is CN([13CH3])C(CCCCN[13C]([13CH3])=O)C(=O)[15NH]CCC(=O)ON1C(=O)CCC1=O. The van der Waals surface area contributed by atoms with Crippen molar-refractivity contribution in [3.8, 4) is 0 Å². The van der Waals surface area contributed by atoms with Gasteiger partial charge in [-0.05, 0) is 33.4 Å². The first-order valence-electron chi connectivity index (χ1n) is 8.97. The summed E-state index contributed by atoms with van der Waals surface area (Å²) in [5, 5.41) is 5.85. The summed E-state index contributed by atoms with van der Waals surface area (Å²) in [7, 11) is 3.58. The van der Waals surface area contributed by atoms with Crippen LogP contribution in [0.1, 0.15) is 45.4 Å². The molecule has 1 rings (SSSR count). The van der Waals surface area contributed by atoms with Crippen LogP contribution in [0.4, 0.5) is 0 Å². The summed E-state index contributed by atoms with van der Waals surface area (Å²) in [6.07, 6.45) is 2.06. The van der Waals surface area contributed by atoms with Gasteiger partial charge in [0.15, 0.2) is 0 Å². The lowest BCUT2D eigenvalue weighted by molar-refractivity contribution is -0.197. The van der Waals surface area contributed by atoms with Crippen LogP contribution in [0.15, 0.2) is 0 Å². The number of carbonyl (C=O) groups is 5. The monoisotopic (exact) mass is 388 g/mol. The summed E-state index contributed by atoms with van der Waals surface area (Å²) < 4.78 is 0. The van der Waals surface area contributed by atoms with Gasteiger partial charge in [-0.2, -0.15) is 0 Å². The van der Waals surface area contributed by atoms with Gasteiger partial charge in [0.25, 0.3) is 11.8 Å². The number of hydrogen-bond acceptors (Lipinski definition) is 7. The summed E-state index contributed by atoms with van der Waals surface area (Å²) in [6, 6.07) is -0.361. The van der Waals surface area contributed by atoms with Crippen LogP contribution >= 0.6 is 0 Å². The number of imide groups is 1. The average Bonchev–Trinajstić information content (AvgIpc) is 2.89. The molecule has 1 heterocycles. The molecule has 0 bridgehead atoms. The zero-order chi connectivity index (χ0) is 20.4. The van der Waals surface area contributed by atoms with Crippen molar-refractivity contribution in [2.24, 2.45) is 0 Å². The quantitative estimate of drug-likeness (QED) is 0.208. The fourth-order valence-electron chi connectivity index (χ4n) is 2.56. The van der Waals surface area contributed by atoms with Gasteiger partial charge in [-0.25, -0.2) is 4.79 Å². The van der Waals surface area contributed by atoms with Gasteiger partial charge in [-0.3, -0.25) is 24.1 Å². The van der Waals surface area contributed by atoms with Crippen molar-refractivity contribution in [1.82, 2.24) is 20.6 Å². The van der Waals surface area contributed by atoms with Crippen molar-refractivity contribution < 1.29 is 28.8 Å². The smallest absolute Gasteiger partial charge is 0.334 e. The van der Waals surface area contributed by atoms with Gasteiger partial charge in [-0.1, -0.05) is 0 Å². The minimum Gasteiger partial charge on any atom is -0.356 e. The Bertz CT molecular complexity index is 562. The highest BCUT2D eigenvalue weighted by atomic mass is 16.7. The molecule has 1 unspecified atom stereocenters. The van der Waals surface area contributed by atoms with E-state index in [9.17, 15) is 24.0 Å². The number of likely N-dealkylation sites (N-methyl/N-ethyl adjacent to an activating group) is 1. The van der Waals surface area contributed by atoms with E-state index < -0.39 is 17.8 Å². The second-order valence-corrected chi connectivity index (χ2v) is 6.54. The fourth-order valence-corrected chi connectivity index (χ4v) is 2.56. The zero-order valence-electron chi connectivity index (χ0n) is 16.1. The third-order valence-electron chi connectivity index (χ3n) is 4.03. The number of nitrogens with zero attached hydrogens (tertiary/aromatic N) is 2. The molecule has 10 heteroatoms. The highest BCUT2D eigenvalue weighted by Gasteiger charge is 2.32. The second-order valence-electron chi connectivity index (χ2n) is 6.54. The van der Waals surface area contributed by atoms with Crippen molar-refractivity contribution >= 4 is 29.6 Å². The van der Waals surface area contributed by atoms with E-state index in [1.54, 1.807) is 19.0 Å². The third kappa shape index (κ3) is 8.16. The molecule has 0 aliphatic carbocycles. The molecular weight excluding hydrogens is 360 g/mol. The third-order valence-corrected chi connectivity index (χ3v) is 4.03. The van der Waals surface area contributed by atoms with E-state index in [-0.39, 0.29) is 43.7 Å². The lowest BCUT2D eigenvalue weighted by atomic mass is 10.1. The van der Waals surface area contributed by atoms with Crippen molar-refractivity contribution in [2.45, 2.75) is 51.5 Å². The summed E-state index contributed by atoms with van der Waals surface area (Å²) in [5.74, 6) is -2.13. The van der Waals surface area contributed by atoms with Crippen LogP contribution in [-0.2, 0) is 28.8 Å². The van der Waals surface area contributed by atoms with Gasteiger partial charge < -0.3 is 15.5 Å². The number of unbranched alkanes of at least 4 members (excludes halogenated alkanes) is 1. The first kappa shape index (κ1) is 22.6. The van der Waals surface area contributed by atoms with Gasteiger partial charge >= 0.3 is 5.97 Å². The Morgan fingerprint density at radius 1 is 1.07 bits per heavy atom. The molecule has 2 N–H and O–H groups in total. The largest absolute Gasteiger partial charge is 0.356 e. The van der Waals surface area contributed by atoms with E-state index in [1.807, 2.05) is 0 Å². The van der Waals surface area contributed by atoms with Gasteiger partial charge in [0, 0.05) is 32.9 Å². The van der Waals surface area contributed by atoms with E-state index in [4.69, 9.17) is 4.84 Å². The normalized spacial score (nSPS) is 15.0. The Morgan fingerprint density at radius 2 is 1.70 bits per heavy atom. The zero-order valence-corrected chi connectivity index (χ0v) is 16.1. The minimum atomic E-state index is -0.754. The van der Waals surface area contributed by atoms with E-state index in [2.05, 4.69) is 10.6 Å². The fraction of sp³-hybridized carbons (Fsp3) is 0.706. The molecule has 10 nitrogen and oxygen atoms in total. The van der Waals surface area contributed by atoms with Gasteiger partial charge in [0.2, 0.25) is 11.8 Å². The molecule has 1 atom stereocenters. The highest BCUT2D eigenvalue weighted by Crippen LogP contribution is 2.12. The summed E-state index contributed by atoms with van der Waals surface area (Å²) >= 11 is 0. The number of amides is 4. The van der Waals surface area contributed by atoms with Crippen LogP contribution in [0, 0.1) is 0 Å². The van der Waals surface area contributed by atoms with Crippen molar-refractivity contribution in [3.63, 3.8) is 0 Å². The number of hydroxylamine groups is 2. The first-order chi connectivity index (χ1) is 12.7. The molecule has 1 fully saturated rings. The van der Waals surface area contributed by atoms with Crippen LogP contribution in [0.25, 0.3) is 0 Å². The molecule has 1 aliphatic rings. The molecular formula is C17H28N4O6. The molecule has 0 aromatic carbocycles. The molecule has 4 amide bonds. The lowest BCUT2D eigenvalue weighted by Gasteiger charge is -2.23. The molecule has 0 saturated carbocycles. The lowest BCUT2D eigenvalue weighted by Crippen LogP contribution is -2.44. The van der Waals surface area contributed by atoms with Crippen LogP contribution in [0.2, 0.25) is 0 Å². The van der Waals surface area contributed by atoms with E-state index in [1.165, 1.54) is 6.92 Å². The maximum absolute atomic E-state index is 12.3.